The second kappa shape index (κ2) is 11.3. The van der Waals surface area contributed by atoms with Crippen molar-refractivity contribution < 1.29 is 9.90 Å². The highest BCUT2D eigenvalue weighted by Gasteiger charge is 2.11. The molecule has 1 atom stereocenters. The van der Waals surface area contributed by atoms with E-state index in [1.54, 1.807) is 0 Å². The number of carbonyl (C=O) groups is 1. The lowest BCUT2D eigenvalue weighted by Gasteiger charge is -2.16. The minimum atomic E-state index is -0.181. The van der Waals surface area contributed by atoms with Gasteiger partial charge in [-0.05, 0) is 18.4 Å². The summed E-state index contributed by atoms with van der Waals surface area (Å²) in [6.07, 6.45) is 8.33. The molecule has 0 aliphatic rings. The Balaban J connectivity index is 2.19. The van der Waals surface area contributed by atoms with Crippen LogP contribution in [-0.4, -0.2) is 23.7 Å². The molecule has 3 heteroatoms. The number of carbonyl (C=O) groups excluding carboxylic acids is 1. The maximum atomic E-state index is 11.9. The van der Waals surface area contributed by atoms with Gasteiger partial charge in [-0.15, -0.1) is 0 Å². The molecular formula is C18H29NO2. The van der Waals surface area contributed by atoms with Gasteiger partial charge in [-0.2, -0.15) is 0 Å². The van der Waals surface area contributed by atoms with Crippen LogP contribution < -0.4 is 5.32 Å². The van der Waals surface area contributed by atoms with Gasteiger partial charge in [0.05, 0.1) is 12.6 Å². The summed E-state index contributed by atoms with van der Waals surface area (Å²) in [7, 11) is 0. The molecule has 1 aromatic carbocycles. The van der Waals surface area contributed by atoms with E-state index in [0.717, 1.165) is 18.4 Å². The lowest BCUT2D eigenvalue weighted by Crippen LogP contribution is -2.38. The summed E-state index contributed by atoms with van der Waals surface area (Å²) >= 11 is 0. The zero-order chi connectivity index (χ0) is 15.3. The molecule has 0 unspecified atom stereocenters. The molecule has 0 spiro atoms. The number of nitrogens with one attached hydrogen (secondary N) is 1. The summed E-state index contributed by atoms with van der Waals surface area (Å²) in [5.74, 6) is 0.0560. The first-order chi connectivity index (χ1) is 10.3. The smallest absolute Gasteiger partial charge is 0.220 e. The Morgan fingerprint density at radius 3 is 2.43 bits per heavy atom. The quantitative estimate of drug-likeness (QED) is 0.613. The van der Waals surface area contributed by atoms with Crippen molar-refractivity contribution in [2.24, 2.45) is 0 Å². The lowest BCUT2D eigenvalue weighted by atomic mass is 10.1. The van der Waals surface area contributed by atoms with E-state index >= 15 is 0 Å². The first-order valence-corrected chi connectivity index (χ1v) is 8.20. The minimum Gasteiger partial charge on any atom is -0.394 e. The summed E-state index contributed by atoms with van der Waals surface area (Å²) in [6.45, 7) is 2.19. The van der Waals surface area contributed by atoms with Crippen molar-refractivity contribution in [3.63, 3.8) is 0 Å². The van der Waals surface area contributed by atoms with Crippen LogP contribution in [0, 0.1) is 0 Å². The molecule has 0 aliphatic carbocycles. The van der Waals surface area contributed by atoms with E-state index in [2.05, 4.69) is 12.2 Å². The second-order valence-electron chi connectivity index (χ2n) is 5.65. The maximum absolute atomic E-state index is 11.9. The molecule has 0 fully saturated rings. The van der Waals surface area contributed by atoms with Gasteiger partial charge in [-0.25, -0.2) is 0 Å². The standard InChI is InChI=1S/C18H29NO2/c1-2-3-4-5-6-10-13-18(21)19-17(15-20)14-16-11-8-7-9-12-16/h7-9,11-12,17,20H,2-6,10,13-15H2,1H3,(H,19,21)/t17-/m1/s1. The lowest BCUT2D eigenvalue weighted by molar-refractivity contribution is -0.122. The van der Waals surface area contributed by atoms with Crippen LogP contribution in [0.5, 0.6) is 0 Å². The third-order valence-electron chi connectivity index (χ3n) is 3.67. The fourth-order valence-corrected chi connectivity index (χ4v) is 2.43. The zero-order valence-electron chi connectivity index (χ0n) is 13.2. The van der Waals surface area contributed by atoms with E-state index in [4.69, 9.17) is 0 Å². The van der Waals surface area contributed by atoms with E-state index in [9.17, 15) is 9.90 Å². The summed E-state index contributed by atoms with van der Waals surface area (Å²) in [4.78, 5) is 11.9. The van der Waals surface area contributed by atoms with E-state index in [-0.39, 0.29) is 18.6 Å². The van der Waals surface area contributed by atoms with Crippen molar-refractivity contribution in [1.29, 1.82) is 0 Å². The predicted octanol–water partition coefficient (Wildman–Crippen LogP) is 3.46. The molecule has 118 valence electrons. The van der Waals surface area contributed by atoms with Gasteiger partial charge in [0.2, 0.25) is 5.91 Å². The van der Waals surface area contributed by atoms with Gasteiger partial charge >= 0.3 is 0 Å². The first kappa shape index (κ1) is 17.7. The fourth-order valence-electron chi connectivity index (χ4n) is 2.43. The topological polar surface area (TPSA) is 49.3 Å². The molecule has 0 aliphatic heterocycles. The maximum Gasteiger partial charge on any atom is 0.220 e. The van der Waals surface area contributed by atoms with Gasteiger partial charge in [0.15, 0.2) is 0 Å². The van der Waals surface area contributed by atoms with Crippen molar-refractivity contribution in [3.05, 3.63) is 35.9 Å². The second-order valence-corrected chi connectivity index (χ2v) is 5.65. The van der Waals surface area contributed by atoms with E-state index in [1.165, 1.54) is 25.7 Å². The third kappa shape index (κ3) is 8.51. The van der Waals surface area contributed by atoms with Crippen LogP contribution in [-0.2, 0) is 11.2 Å². The number of benzene rings is 1. The summed E-state index contributed by atoms with van der Waals surface area (Å²) < 4.78 is 0. The largest absolute Gasteiger partial charge is 0.394 e. The van der Waals surface area contributed by atoms with Gasteiger partial charge in [0.1, 0.15) is 0 Å². The summed E-state index contributed by atoms with van der Waals surface area (Å²) in [6, 6.07) is 9.77. The molecule has 0 radical (unpaired) electrons. The Morgan fingerprint density at radius 2 is 1.76 bits per heavy atom. The highest BCUT2D eigenvalue weighted by Crippen LogP contribution is 2.07. The molecule has 0 bridgehead atoms. The molecule has 3 nitrogen and oxygen atoms in total. The number of unbranched alkanes of at least 4 members (excludes halogenated alkanes) is 5. The van der Waals surface area contributed by atoms with E-state index < -0.39 is 0 Å². The predicted molar refractivity (Wildman–Crippen MR) is 87.2 cm³/mol. The average Bonchev–Trinajstić information content (AvgIpc) is 2.51. The number of hydrogen-bond acceptors (Lipinski definition) is 2. The van der Waals surface area contributed by atoms with Crippen LogP contribution in [0.4, 0.5) is 0 Å². The monoisotopic (exact) mass is 291 g/mol. The van der Waals surface area contributed by atoms with Gasteiger partial charge in [0, 0.05) is 6.42 Å². The Bertz CT molecular complexity index is 378. The van der Waals surface area contributed by atoms with Gasteiger partial charge < -0.3 is 10.4 Å². The zero-order valence-corrected chi connectivity index (χ0v) is 13.2. The third-order valence-corrected chi connectivity index (χ3v) is 3.67. The molecule has 0 saturated heterocycles. The summed E-state index contributed by atoms with van der Waals surface area (Å²) in [5.41, 5.74) is 1.14. The number of amides is 1. The summed E-state index contributed by atoms with van der Waals surface area (Å²) in [5, 5.41) is 12.3. The number of aliphatic hydroxyl groups is 1. The molecule has 1 aromatic rings. The van der Waals surface area contributed by atoms with Crippen molar-refractivity contribution >= 4 is 5.91 Å². The van der Waals surface area contributed by atoms with Crippen LogP contribution in [0.2, 0.25) is 0 Å². The van der Waals surface area contributed by atoms with Crippen LogP contribution in [0.3, 0.4) is 0 Å². The van der Waals surface area contributed by atoms with Crippen molar-refractivity contribution in [3.8, 4) is 0 Å². The van der Waals surface area contributed by atoms with Gasteiger partial charge in [0.25, 0.3) is 0 Å². The SMILES string of the molecule is CCCCCCCCC(=O)N[C@@H](CO)Cc1ccccc1. The Kier molecular flexibility index (Phi) is 9.55. The van der Waals surface area contributed by atoms with Crippen LogP contribution in [0.15, 0.2) is 30.3 Å². The molecule has 1 amide bonds. The molecule has 0 aromatic heterocycles. The van der Waals surface area contributed by atoms with Crippen LogP contribution in [0.25, 0.3) is 0 Å². The molecular weight excluding hydrogens is 262 g/mol. The van der Waals surface area contributed by atoms with Gasteiger partial charge in [-0.3, -0.25) is 4.79 Å². The Labute approximate surface area is 128 Å². The molecule has 21 heavy (non-hydrogen) atoms. The van der Waals surface area contributed by atoms with Crippen molar-refractivity contribution in [1.82, 2.24) is 5.32 Å². The van der Waals surface area contributed by atoms with Crippen LogP contribution in [0.1, 0.15) is 57.4 Å². The normalized spacial score (nSPS) is 12.1. The molecule has 1 rings (SSSR count). The van der Waals surface area contributed by atoms with Gasteiger partial charge in [-0.1, -0.05) is 69.4 Å². The highest BCUT2D eigenvalue weighted by molar-refractivity contribution is 5.76. The Morgan fingerprint density at radius 1 is 1.10 bits per heavy atom. The fraction of sp³-hybridized carbons (Fsp3) is 0.611. The number of aliphatic hydroxyl groups excluding tert-OH is 1. The van der Waals surface area contributed by atoms with Crippen LogP contribution >= 0.6 is 0 Å². The Hall–Kier alpha value is -1.35. The molecule has 2 N–H and O–H groups in total. The minimum absolute atomic E-state index is 0.0167. The molecule has 0 heterocycles. The number of rotatable bonds is 11. The first-order valence-electron chi connectivity index (χ1n) is 8.20. The molecule has 0 saturated carbocycles. The van der Waals surface area contributed by atoms with E-state index in [1.807, 2.05) is 30.3 Å². The van der Waals surface area contributed by atoms with E-state index in [0.29, 0.717) is 12.8 Å². The van der Waals surface area contributed by atoms with Crippen molar-refractivity contribution in [2.45, 2.75) is 64.3 Å². The van der Waals surface area contributed by atoms with Crippen molar-refractivity contribution in [2.75, 3.05) is 6.61 Å². The highest BCUT2D eigenvalue weighted by atomic mass is 16.3. The average molecular weight is 291 g/mol. The number of hydrogen-bond donors (Lipinski definition) is 2.